The molecule has 0 aromatic heterocycles. The first-order valence-corrected chi connectivity index (χ1v) is 16.6. The second kappa shape index (κ2) is 14.9. The summed E-state index contributed by atoms with van der Waals surface area (Å²) >= 11 is 1.42. The van der Waals surface area contributed by atoms with Gasteiger partial charge >= 0.3 is 5.97 Å². The van der Waals surface area contributed by atoms with E-state index in [0.717, 1.165) is 61.7 Å². The molecule has 0 spiro atoms. The number of methoxy groups -OCH3 is 2. The van der Waals surface area contributed by atoms with E-state index in [1.165, 1.54) is 11.8 Å². The molecule has 10 heteroatoms. The molecule has 3 aromatic rings. The van der Waals surface area contributed by atoms with Crippen LogP contribution in [0, 0.1) is 0 Å². The van der Waals surface area contributed by atoms with Gasteiger partial charge in [0.15, 0.2) is 0 Å². The summed E-state index contributed by atoms with van der Waals surface area (Å²) in [5.41, 5.74) is 2.36. The molecule has 1 aliphatic heterocycles. The van der Waals surface area contributed by atoms with E-state index in [0.29, 0.717) is 28.6 Å². The predicted molar refractivity (Wildman–Crippen MR) is 171 cm³/mol. The van der Waals surface area contributed by atoms with Gasteiger partial charge in [-0.25, -0.2) is 13.3 Å². The van der Waals surface area contributed by atoms with E-state index in [1.54, 1.807) is 13.2 Å². The fourth-order valence-electron chi connectivity index (χ4n) is 5.28. The molecule has 0 amide bonds. The molecule has 43 heavy (non-hydrogen) atoms. The third kappa shape index (κ3) is 7.25. The van der Waals surface area contributed by atoms with Crippen molar-refractivity contribution in [1.29, 1.82) is 0 Å². The third-order valence-electron chi connectivity index (χ3n) is 7.78. The quantitative estimate of drug-likeness (QED) is 0.0880. The largest absolute Gasteiger partial charge is 0.497 e. The van der Waals surface area contributed by atoms with Crippen LogP contribution in [0.3, 0.4) is 0 Å². The van der Waals surface area contributed by atoms with Gasteiger partial charge in [0.1, 0.15) is 28.7 Å². The van der Waals surface area contributed by atoms with E-state index in [2.05, 4.69) is 39.9 Å². The number of carbonyl (C=O) groups excluding carboxylic acids is 1. The molecule has 3 aromatic carbocycles. The molecular formula is C33H39FN2O5S2. The lowest BCUT2D eigenvalue weighted by Gasteiger charge is -2.43. The summed E-state index contributed by atoms with van der Waals surface area (Å²) in [4.78, 5) is 15.1. The van der Waals surface area contributed by atoms with Crippen LogP contribution in [0.1, 0.15) is 45.1 Å². The minimum absolute atomic E-state index is 0.300. The molecule has 2 atom stereocenters. The zero-order chi connectivity index (χ0) is 31.0. The second-order valence-electron chi connectivity index (χ2n) is 10.3. The maximum atomic E-state index is 14.9. The molecule has 0 saturated heterocycles. The van der Waals surface area contributed by atoms with Gasteiger partial charge in [0, 0.05) is 24.8 Å². The van der Waals surface area contributed by atoms with E-state index >= 15 is 0 Å². The first-order chi connectivity index (χ1) is 20.8. The summed E-state index contributed by atoms with van der Waals surface area (Å²) in [6.07, 6.45) is 6.24. The van der Waals surface area contributed by atoms with Gasteiger partial charge in [-0.15, -0.1) is 11.8 Å². The molecular weight excluding hydrogens is 588 g/mol. The van der Waals surface area contributed by atoms with Crippen LogP contribution in [0.2, 0.25) is 0 Å². The highest BCUT2D eigenvalue weighted by atomic mass is 32.2. The van der Waals surface area contributed by atoms with Gasteiger partial charge < -0.3 is 19.1 Å². The molecule has 0 saturated carbocycles. The summed E-state index contributed by atoms with van der Waals surface area (Å²) in [6.45, 7) is 5.40. The van der Waals surface area contributed by atoms with Gasteiger partial charge in [0.05, 0.1) is 35.2 Å². The summed E-state index contributed by atoms with van der Waals surface area (Å²) in [5, 5.41) is 0. The Bertz CT molecular complexity index is 1450. The van der Waals surface area contributed by atoms with Crippen LogP contribution in [-0.2, 0) is 27.1 Å². The maximum absolute atomic E-state index is 14.9. The first kappa shape index (κ1) is 32.6. The number of hydrogen-bond acceptors (Lipinski definition) is 7. The summed E-state index contributed by atoms with van der Waals surface area (Å²) < 4.78 is 46.8. The Hall–Kier alpha value is -3.34. The topological polar surface area (TPSA) is 68.3 Å². The number of ether oxygens (including phenoxy) is 3. The first-order valence-electron chi connectivity index (χ1n) is 14.3. The number of unbranched alkanes of at least 4 members (excludes halogenated alkanes) is 1. The smallest absolute Gasteiger partial charge is 0.370 e. The molecule has 1 aliphatic rings. The second-order valence-corrected chi connectivity index (χ2v) is 12.5. The number of thioether (sulfide) groups is 1. The average Bonchev–Trinajstić information content (AvgIpc) is 3.15. The number of benzene rings is 3. The van der Waals surface area contributed by atoms with E-state index < -0.39 is 28.3 Å². The lowest BCUT2D eigenvalue weighted by Crippen LogP contribution is -2.53. The van der Waals surface area contributed by atoms with E-state index in [9.17, 15) is 13.4 Å². The Labute approximate surface area is 260 Å². The van der Waals surface area contributed by atoms with Crippen LogP contribution in [0.25, 0.3) is 0 Å². The summed E-state index contributed by atoms with van der Waals surface area (Å²) in [5.74, 6) is -1.24. The number of halogens is 1. The predicted octanol–water partition coefficient (Wildman–Crippen LogP) is 7.80. The van der Waals surface area contributed by atoms with Crippen molar-refractivity contribution in [1.82, 2.24) is 4.31 Å². The van der Waals surface area contributed by atoms with Crippen molar-refractivity contribution in [2.45, 2.75) is 61.4 Å². The molecule has 0 radical (unpaired) electrons. The number of hydrogen-bond donors (Lipinski definition) is 0. The summed E-state index contributed by atoms with van der Waals surface area (Å²) in [7, 11) is 1.11. The van der Waals surface area contributed by atoms with Crippen molar-refractivity contribution in [3.05, 3.63) is 84.4 Å². The van der Waals surface area contributed by atoms with Gasteiger partial charge in [0.25, 0.3) is 0 Å². The minimum Gasteiger partial charge on any atom is -0.497 e. The van der Waals surface area contributed by atoms with Crippen molar-refractivity contribution < 1.29 is 27.6 Å². The number of carbonyl (C=O) groups is 1. The molecule has 7 nitrogen and oxygen atoms in total. The van der Waals surface area contributed by atoms with Crippen molar-refractivity contribution in [2.75, 3.05) is 31.9 Å². The molecule has 0 bridgehead atoms. The lowest BCUT2D eigenvalue weighted by molar-refractivity contribution is -0.137. The molecule has 2 unspecified atom stereocenters. The Morgan fingerprint density at radius 3 is 2.42 bits per heavy atom. The molecule has 230 valence electrons. The Balaban J connectivity index is 1.92. The zero-order valence-corrected chi connectivity index (χ0v) is 26.9. The van der Waals surface area contributed by atoms with Gasteiger partial charge in [-0.3, -0.25) is 0 Å². The number of rotatable bonds is 12. The van der Waals surface area contributed by atoms with E-state index in [4.69, 9.17) is 9.47 Å². The Morgan fingerprint density at radius 2 is 1.81 bits per heavy atom. The van der Waals surface area contributed by atoms with Crippen LogP contribution < -0.4 is 14.4 Å². The maximum Gasteiger partial charge on any atom is 0.370 e. The van der Waals surface area contributed by atoms with Crippen LogP contribution in [0.4, 0.5) is 15.8 Å². The van der Waals surface area contributed by atoms with Crippen molar-refractivity contribution in [3.63, 3.8) is 0 Å². The Kier molecular flexibility index (Phi) is 11.3. The SMILES string of the molecule is CCCCC1(CC)CN(c2ccccc2)c2cc(SC)c(O/C=C(\F)C(=O)OC)cc2S(=O)N1Cc1ccc(OC)cc1. The number of fused-ring (bicyclic) bond motifs is 1. The van der Waals surface area contributed by atoms with Crippen molar-refractivity contribution >= 4 is 40.1 Å². The molecule has 0 aliphatic carbocycles. The Morgan fingerprint density at radius 1 is 1.09 bits per heavy atom. The molecule has 0 fully saturated rings. The fraction of sp³-hybridized carbons (Fsp3) is 0.364. The van der Waals surface area contributed by atoms with E-state index in [-0.39, 0.29) is 0 Å². The normalized spacial score (nSPS) is 19.0. The average molecular weight is 627 g/mol. The van der Waals surface area contributed by atoms with Crippen LogP contribution in [-0.4, -0.2) is 47.0 Å². The van der Waals surface area contributed by atoms with Gasteiger partial charge in [-0.1, -0.05) is 57.0 Å². The molecule has 1 heterocycles. The van der Waals surface area contributed by atoms with Crippen LogP contribution in [0.15, 0.2) is 88.6 Å². The highest BCUT2D eigenvalue weighted by molar-refractivity contribution is 7.98. The zero-order valence-electron chi connectivity index (χ0n) is 25.3. The third-order valence-corrected chi connectivity index (χ3v) is 10.2. The number of para-hydroxylation sites is 1. The monoisotopic (exact) mass is 626 g/mol. The fourth-order valence-corrected chi connectivity index (χ4v) is 7.51. The van der Waals surface area contributed by atoms with Gasteiger partial charge in [0.2, 0.25) is 5.83 Å². The minimum atomic E-state index is -1.63. The van der Waals surface area contributed by atoms with Crippen LogP contribution in [0.5, 0.6) is 11.5 Å². The number of esters is 1. The molecule has 4 rings (SSSR count). The van der Waals surface area contributed by atoms with Gasteiger partial charge in [-0.05, 0) is 55.0 Å². The van der Waals surface area contributed by atoms with Crippen LogP contribution >= 0.6 is 11.8 Å². The van der Waals surface area contributed by atoms with Crippen molar-refractivity contribution in [3.8, 4) is 11.5 Å². The standard InChI is InChI=1S/C33H39FN2O5S2/c1-6-8-18-33(7-2)23-35(25-12-10-9-11-13-25)28-19-30(42-5)29(41-22-27(34)32(37)40-4)20-31(28)43(38)36(33)21-24-14-16-26(39-3)17-15-24/h9-17,19-20,22H,6-8,18,21,23H2,1-5H3/b27-22-. The summed E-state index contributed by atoms with van der Waals surface area (Å²) in [6, 6.07) is 21.6. The lowest BCUT2D eigenvalue weighted by atomic mass is 9.88. The number of nitrogens with zero attached hydrogens (tertiary/aromatic N) is 2. The van der Waals surface area contributed by atoms with Crippen molar-refractivity contribution in [2.24, 2.45) is 0 Å². The molecule has 0 N–H and O–H groups in total. The number of anilines is 2. The van der Waals surface area contributed by atoms with Gasteiger partial charge in [-0.2, -0.15) is 4.39 Å². The highest BCUT2D eigenvalue weighted by Gasteiger charge is 2.44. The highest BCUT2D eigenvalue weighted by Crippen LogP contribution is 2.46. The van der Waals surface area contributed by atoms with E-state index in [1.807, 2.05) is 54.8 Å².